The molecule has 1 unspecified atom stereocenters. The first kappa shape index (κ1) is 15.3. The molecule has 15 heavy (non-hydrogen) atoms. The van der Waals surface area contributed by atoms with Crippen LogP contribution in [0.3, 0.4) is 0 Å². The fourth-order valence-electron chi connectivity index (χ4n) is 1.04. The van der Waals surface area contributed by atoms with Gasteiger partial charge < -0.3 is 4.74 Å². The van der Waals surface area contributed by atoms with Crippen LogP contribution in [0.25, 0.3) is 0 Å². The summed E-state index contributed by atoms with van der Waals surface area (Å²) in [6, 6.07) is 0. The van der Waals surface area contributed by atoms with Crippen molar-refractivity contribution in [3.63, 3.8) is 0 Å². The first-order valence-electron chi connectivity index (χ1n) is 4.97. The lowest BCUT2D eigenvalue weighted by Crippen LogP contribution is -2.31. The van der Waals surface area contributed by atoms with Gasteiger partial charge in [0.25, 0.3) is 0 Å². The summed E-state index contributed by atoms with van der Waals surface area (Å²) in [6.07, 6.45) is 1.37. The van der Waals surface area contributed by atoms with Gasteiger partial charge in [-0.15, -0.1) is 0 Å². The molecular weight excluding hydrogens is 282 g/mol. The molecule has 0 bridgehead atoms. The second-order valence-electron chi connectivity index (χ2n) is 3.55. The first-order valence-corrected chi connectivity index (χ1v) is 7.49. The van der Waals surface area contributed by atoms with Crippen molar-refractivity contribution in [2.24, 2.45) is 0 Å². The van der Waals surface area contributed by atoms with Crippen LogP contribution in [0.2, 0.25) is 0 Å². The number of alkyl halides is 1. The van der Waals surface area contributed by atoms with Gasteiger partial charge in [0.2, 0.25) is 10.0 Å². The zero-order valence-electron chi connectivity index (χ0n) is 9.57. The lowest BCUT2D eigenvalue weighted by Gasteiger charge is -2.17. The molecule has 0 spiro atoms. The lowest BCUT2D eigenvalue weighted by atomic mass is 10.3. The van der Waals surface area contributed by atoms with E-state index >= 15 is 0 Å². The summed E-state index contributed by atoms with van der Waals surface area (Å²) in [5.41, 5.74) is 0. The molecule has 0 rings (SSSR count). The molecular formula is C9H20BrNO3S. The van der Waals surface area contributed by atoms with Crippen molar-refractivity contribution in [2.45, 2.75) is 24.6 Å². The molecule has 0 N–H and O–H groups in total. The second kappa shape index (κ2) is 7.60. The van der Waals surface area contributed by atoms with E-state index in [0.717, 1.165) is 6.42 Å². The Kier molecular flexibility index (Phi) is 7.77. The highest BCUT2D eigenvalue weighted by Gasteiger charge is 2.17. The van der Waals surface area contributed by atoms with Gasteiger partial charge in [0.1, 0.15) is 0 Å². The van der Waals surface area contributed by atoms with E-state index in [-0.39, 0.29) is 5.75 Å². The molecule has 4 nitrogen and oxygen atoms in total. The highest BCUT2D eigenvalue weighted by atomic mass is 79.9. The van der Waals surface area contributed by atoms with Gasteiger partial charge >= 0.3 is 0 Å². The predicted molar refractivity (Wildman–Crippen MR) is 65.9 cm³/mol. The zero-order chi connectivity index (χ0) is 11.9. The Balaban J connectivity index is 3.97. The summed E-state index contributed by atoms with van der Waals surface area (Å²) < 4.78 is 29.6. The third kappa shape index (κ3) is 7.27. The van der Waals surface area contributed by atoms with Gasteiger partial charge in [0.05, 0.1) is 5.75 Å². The quantitative estimate of drug-likeness (QED) is 0.504. The maximum Gasteiger partial charge on any atom is 0.213 e. The van der Waals surface area contributed by atoms with E-state index in [1.807, 2.05) is 6.92 Å². The minimum Gasteiger partial charge on any atom is -0.385 e. The molecule has 0 amide bonds. The topological polar surface area (TPSA) is 46.6 Å². The van der Waals surface area contributed by atoms with Crippen molar-refractivity contribution in [1.29, 1.82) is 0 Å². The third-order valence-electron chi connectivity index (χ3n) is 2.07. The molecule has 0 fully saturated rings. The Morgan fingerprint density at radius 1 is 1.47 bits per heavy atom. The van der Waals surface area contributed by atoms with Gasteiger partial charge in [-0.3, -0.25) is 0 Å². The number of rotatable bonds is 8. The van der Waals surface area contributed by atoms with Crippen LogP contribution < -0.4 is 0 Å². The highest BCUT2D eigenvalue weighted by Crippen LogP contribution is 2.07. The van der Waals surface area contributed by atoms with E-state index in [0.29, 0.717) is 24.4 Å². The van der Waals surface area contributed by atoms with Crippen molar-refractivity contribution < 1.29 is 13.2 Å². The fourth-order valence-corrected chi connectivity index (χ4v) is 2.42. The Bertz CT molecular complexity index is 254. The van der Waals surface area contributed by atoms with Crippen LogP contribution >= 0.6 is 15.9 Å². The number of hydrogen-bond acceptors (Lipinski definition) is 3. The third-order valence-corrected chi connectivity index (χ3v) is 4.46. The summed E-state index contributed by atoms with van der Waals surface area (Å²) in [4.78, 5) is 0.342. The number of nitrogens with zero attached hydrogens (tertiary/aromatic N) is 1. The molecule has 0 radical (unpaired) electrons. The number of sulfonamides is 1. The average molecular weight is 302 g/mol. The zero-order valence-corrected chi connectivity index (χ0v) is 12.0. The van der Waals surface area contributed by atoms with Gasteiger partial charge in [-0.25, -0.2) is 12.7 Å². The number of halogens is 1. The summed E-state index contributed by atoms with van der Waals surface area (Å²) >= 11 is 3.39. The monoisotopic (exact) mass is 301 g/mol. The van der Waals surface area contributed by atoms with Gasteiger partial charge in [0, 0.05) is 32.1 Å². The van der Waals surface area contributed by atoms with Crippen molar-refractivity contribution in [3.8, 4) is 0 Å². The minimum atomic E-state index is -3.10. The predicted octanol–water partition coefficient (Wildman–Crippen LogP) is 1.46. The fraction of sp³-hybridized carbons (Fsp3) is 1.00. The molecule has 0 aliphatic rings. The van der Waals surface area contributed by atoms with E-state index in [9.17, 15) is 8.42 Å². The molecule has 6 heteroatoms. The minimum absolute atomic E-state index is 0.161. The van der Waals surface area contributed by atoms with Crippen molar-refractivity contribution >= 4 is 26.0 Å². The van der Waals surface area contributed by atoms with Crippen LogP contribution in [-0.2, 0) is 14.8 Å². The van der Waals surface area contributed by atoms with E-state index in [2.05, 4.69) is 15.9 Å². The van der Waals surface area contributed by atoms with E-state index in [1.54, 1.807) is 14.2 Å². The summed E-state index contributed by atoms with van der Waals surface area (Å²) in [5, 5.41) is 0. The van der Waals surface area contributed by atoms with Gasteiger partial charge in [-0.2, -0.15) is 0 Å². The smallest absolute Gasteiger partial charge is 0.213 e. The van der Waals surface area contributed by atoms with Crippen LogP contribution in [0.15, 0.2) is 0 Å². The Morgan fingerprint density at radius 2 is 2.07 bits per heavy atom. The maximum absolute atomic E-state index is 11.7. The van der Waals surface area contributed by atoms with Crippen LogP contribution in [0.1, 0.15) is 19.8 Å². The largest absolute Gasteiger partial charge is 0.385 e. The van der Waals surface area contributed by atoms with Gasteiger partial charge in [0.15, 0.2) is 0 Å². The maximum atomic E-state index is 11.7. The van der Waals surface area contributed by atoms with E-state index in [4.69, 9.17) is 4.74 Å². The second-order valence-corrected chi connectivity index (χ2v) is 7.31. The normalized spacial score (nSPS) is 14.5. The van der Waals surface area contributed by atoms with Gasteiger partial charge in [-0.1, -0.05) is 22.9 Å². The SMILES string of the molecule is COCCCS(=O)(=O)N(C)CCC(C)Br. The average Bonchev–Trinajstić information content (AvgIpc) is 2.14. The van der Waals surface area contributed by atoms with Crippen molar-refractivity contribution in [2.75, 3.05) is 33.1 Å². The van der Waals surface area contributed by atoms with Crippen LogP contribution in [0.5, 0.6) is 0 Å². The number of ether oxygens (including phenoxy) is 1. The summed E-state index contributed by atoms with van der Waals surface area (Å²) in [6.45, 7) is 3.05. The molecule has 0 saturated carbocycles. The molecule has 0 heterocycles. The molecule has 0 aromatic carbocycles. The molecule has 92 valence electrons. The number of methoxy groups -OCH3 is 1. The van der Waals surface area contributed by atoms with Crippen molar-refractivity contribution in [3.05, 3.63) is 0 Å². The molecule has 0 aliphatic carbocycles. The summed E-state index contributed by atoms with van der Waals surface area (Å²) in [7, 11) is 0.0991. The van der Waals surface area contributed by atoms with Crippen LogP contribution in [0, 0.1) is 0 Å². The standard InChI is InChI=1S/C9H20BrNO3S/c1-9(10)5-6-11(2)15(12,13)8-4-7-14-3/h9H,4-8H2,1-3H3. The summed E-state index contributed by atoms with van der Waals surface area (Å²) in [5.74, 6) is 0.161. The Hall–Kier alpha value is 0.350. The number of hydrogen-bond donors (Lipinski definition) is 0. The molecule has 0 saturated heterocycles. The molecule has 0 aliphatic heterocycles. The van der Waals surface area contributed by atoms with Crippen molar-refractivity contribution in [1.82, 2.24) is 4.31 Å². The van der Waals surface area contributed by atoms with Crippen LogP contribution in [-0.4, -0.2) is 50.6 Å². The van der Waals surface area contributed by atoms with E-state index < -0.39 is 10.0 Å². The van der Waals surface area contributed by atoms with E-state index in [1.165, 1.54) is 4.31 Å². The first-order chi connectivity index (χ1) is 6.90. The Morgan fingerprint density at radius 3 is 2.53 bits per heavy atom. The molecule has 1 atom stereocenters. The molecule has 0 aromatic heterocycles. The molecule has 0 aromatic rings. The Labute approximate surface area is 101 Å². The highest BCUT2D eigenvalue weighted by molar-refractivity contribution is 9.09. The van der Waals surface area contributed by atoms with Crippen LogP contribution in [0.4, 0.5) is 0 Å². The van der Waals surface area contributed by atoms with Gasteiger partial charge in [-0.05, 0) is 12.8 Å². The lowest BCUT2D eigenvalue weighted by molar-refractivity contribution is 0.199.